The summed E-state index contributed by atoms with van der Waals surface area (Å²) in [5.41, 5.74) is 3.04. The lowest BCUT2D eigenvalue weighted by Gasteiger charge is -2.33. The minimum Gasteiger partial charge on any atom is -0.491 e. The molecule has 1 aliphatic rings. The molecule has 13 heteroatoms. The van der Waals surface area contributed by atoms with E-state index in [0.717, 1.165) is 34.6 Å². The molecule has 0 N–H and O–H groups in total. The summed E-state index contributed by atoms with van der Waals surface area (Å²) in [6.45, 7) is 12.7. The molecule has 1 aliphatic heterocycles. The average Bonchev–Trinajstić information content (AvgIpc) is 3.50. The highest BCUT2D eigenvalue weighted by Crippen LogP contribution is 2.41. The highest BCUT2D eigenvalue weighted by molar-refractivity contribution is 7.18. The molecule has 254 valence electrons. The van der Waals surface area contributed by atoms with Crippen LogP contribution in [0.1, 0.15) is 55.1 Å². The predicted octanol–water partition coefficient (Wildman–Crippen LogP) is 6.25. The van der Waals surface area contributed by atoms with Crippen molar-refractivity contribution in [2.24, 2.45) is 0 Å². The number of hydrogen-bond donors (Lipinski definition) is 0. The maximum absolute atomic E-state index is 14.0. The number of thiophene rings is 1. The van der Waals surface area contributed by atoms with Gasteiger partial charge in [0.2, 0.25) is 0 Å². The number of likely N-dealkylation sites (N-methyl/N-ethyl adjacent to an activating group) is 1. The number of rotatable bonds is 8. The average molecular weight is 700 g/mol. The molecule has 1 aromatic carbocycles. The van der Waals surface area contributed by atoms with Crippen molar-refractivity contribution in [1.29, 1.82) is 5.26 Å². The number of aromatic nitrogens is 4. The molecule has 5 aromatic rings. The molecular weight excluding hydrogens is 662 g/mol. The van der Waals surface area contributed by atoms with Gasteiger partial charge in [-0.15, -0.1) is 11.3 Å². The highest BCUT2D eigenvalue weighted by atomic mass is 35.5. The third-order valence-corrected chi connectivity index (χ3v) is 9.68. The number of pyridine rings is 2. The second-order valence-corrected chi connectivity index (χ2v) is 14.4. The Morgan fingerprint density at radius 2 is 1.88 bits per heavy atom. The standard InChI is InChI=1S/C36H38ClN7O4S/c1-7-23-17-25(32-31(41-23)27(20-49-32)35(46)48-36(3,4)5)24-16-22(37)8-9-29(24)47-15-14-44-21(2)40-28-19-39-33(26(18-38)30(28)34(44)45)43-12-10-42(6)11-13-43/h8-9,16-17,19-20H,7,10-15H2,1-6H3. The Morgan fingerprint density at radius 1 is 1.12 bits per heavy atom. The number of nitriles is 1. The fourth-order valence-electron chi connectivity index (χ4n) is 5.94. The van der Waals surface area contributed by atoms with Crippen LogP contribution in [0.15, 0.2) is 40.6 Å². The van der Waals surface area contributed by atoms with Crippen LogP contribution >= 0.6 is 22.9 Å². The smallest absolute Gasteiger partial charge is 0.341 e. The lowest BCUT2D eigenvalue weighted by molar-refractivity contribution is 0.00721. The van der Waals surface area contributed by atoms with Crippen LogP contribution in [-0.2, 0) is 17.7 Å². The van der Waals surface area contributed by atoms with Crippen LogP contribution in [0.5, 0.6) is 5.75 Å². The molecule has 5 heterocycles. The van der Waals surface area contributed by atoms with Gasteiger partial charge in [-0.05, 0) is 65.4 Å². The number of carbonyl (C=O) groups excluding carboxylic acids is 1. The molecule has 0 atom stereocenters. The molecule has 0 spiro atoms. The third-order valence-electron chi connectivity index (χ3n) is 8.45. The van der Waals surface area contributed by atoms with Gasteiger partial charge in [0, 0.05) is 53.4 Å². The second-order valence-electron chi connectivity index (χ2n) is 13.1. The van der Waals surface area contributed by atoms with E-state index >= 15 is 0 Å². The van der Waals surface area contributed by atoms with Crippen LogP contribution in [-0.4, -0.2) is 75.8 Å². The summed E-state index contributed by atoms with van der Waals surface area (Å²) in [4.78, 5) is 45.3. The Morgan fingerprint density at radius 3 is 2.57 bits per heavy atom. The van der Waals surface area contributed by atoms with Crippen LogP contribution < -0.4 is 15.2 Å². The monoisotopic (exact) mass is 699 g/mol. The van der Waals surface area contributed by atoms with Gasteiger partial charge in [0.15, 0.2) is 0 Å². The van der Waals surface area contributed by atoms with Crippen molar-refractivity contribution in [2.75, 3.05) is 44.7 Å². The largest absolute Gasteiger partial charge is 0.491 e. The number of halogens is 1. The number of piperazine rings is 1. The summed E-state index contributed by atoms with van der Waals surface area (Å²) in [6.07, 6.45) is 2.23. The molecule has 1 saturated heterocycles. The van der Waals surface area contributed by atoms with E-state index in [1.165, 1.54) is 11.3 Å². The quantitative estimate of drug-likeness (QED) is 0.172. The Hall–Kier alpha value is -4.57. The van der Waals surface area contributed by atoms with Gasteiger partial charge in [-0.3, -0.25) is 14.3 Å². The number of benzene rings is 1. The zero-order valence-electron chi connectivity index (χ0n) is 28.5. The molecule has 0 aliphatic carbocycles. The van der Waals surface area contributed by atoms with E-state index in [2.05, 4.69) is 32.9 Å². The van der Waals surface area contributed by atoms with Crippen LogP contribution in [0.4, 0.5) is 5.82 Å². The number of fused-ring (bicyclic) bond motifs is 2. The van der Waals surface area contributed by atoms with Crippen LogP contribution in [0.3, 0.4) is 0 Å². The number of ether oxygens (including phenoxy) is 2. The number of anilines is 1. The maximum atomic E-state index is 14.0. The molecule has 4 aromatic heterocycles. The number of aryl methyl sites for hydroxylation is 2. The minimum atomic E-state index is -0.647. The van der Waals surface area contributed by atoms with Gasteiger partial charge in [0.25, 0.3) is 5.56 Å². The van der Waals surface area contributed by atoms with Crippen molar-refractivity contribution in [3.05, 3.63) is 73.9 Å². The van der Waals surface area contributed by atoms with E-state index < -0.39 is 11.6 Å². The fraction of sp³-hybridized carbons (Fsp3) is 0.389. The van der Waals surface area contributed by atoms with Crippen molar-refractivity contribution in [1.82, 2.24) is 24.4 Å². The molecule has 0 bridgehead atoms. The van der Waals surface area contributed by atoms with Crippen LogP contribution in [0, 0.1) is 18.3 Å². The van der Waals surface area contributed by atoms with Crippen molar-refractivity contribution in [3.8, 4) is 22.9 Å². The summed E-state index contributed by atoms with van der Waals surface area (Å²) in [5.74, 6) is 1.14. The van der Waals surface area contributed by atoms with E-state index in [9.17, 15) is 14.9 Å². The lowest BCUT2D eigenvalue weighted by atomic mass is 10.0. The van der Waals surface area contributed by atoms with Gasteiger partial charge in [-0.1, -0.05) is 18.5 Å². The van der Waals surface area contributed by atoms with E-state index in [4.69, 9.17) is 26.1 Å². The summed E-state index contributed by atoms with van der Waals surface area (Å²) in [7, 11) is 2.06. The van der Waals surface area contributed by atoms with E-state index in [1.54, 1.807) is 35.2 Å². The number of hydrogen-bond acceptors (Lipinski definition) is 11. The van der Waals surface area contributed by atoms with Crippen molar-refractivity contribution >= 4 is 55.8 Å². The van der Waals surface area contributed by atoms with Crippen molar-refractivity contribution < 1.29 is 14.3 Å². The lowest BCUT2D eigenvalue weighted by Crippen LogP contribution is -2.45. The van der Waals surface area contributed by atoms with Gasteiger partial charge < -0.3 is 19.3 Å². The van der Waals surface area contributed by atoms with Gasteiger partial charge in [0.05, 0.1) is 39.4 Å². The molecule has 0 unspecified atom stereocenters. The summed E-state index contributed by atoms with van der Waals surface area (Å²) < 4.78 is 14.4. The highest BCUT2D eigenvalue weighted by Gasteiger charge is 2.25. The van der Waals surface area contributed by atoms with E-state index in [1.807, 2.05) is 39.8 Å². The van der Waals surface area contributed by atoms with Crippen molar-refractivity contribution in [2.45, 2.75) is 53.2 Å². The van der Waals surface area contributed by atoms with E-state index in [-0.39, 0.29) is 29.7 Å². The first kappa shape index (κ1) is 34.3. The molecular formula is C36H38ClN7O4S. The molecule has 0 radical (unpaired) electrons. The zero-order valence-corrected chi connectivity index (χ0v) is 30.0. The number of esters is 1. The topological polar surface area (TPSA) is 126 Å². The first-order chi connectivity index (χ1) is 23.4. The van der Waals surface area contributed by atoms with Crippen LogP contribution in [0.25, 0.3) is 32.2 Å². The normalized spacial score (nSPS) is 14.0. The maximum Gasteiger partial charge on any atom is 0.341 e. The molecule has 6 rings (SSSR count). The second kappa shape index (κ2) is 13.7. The molecule has 0 saturated carbocycles. The Bertz CT molecular complexity index is 2180. The summed E-state index contributed by atoms with van der Waals surface area (Å²) in [6, 6.07) is 9.62. The molecule has 49 heavy (non-hydrogen) atoms. The zero-order chi connectivity index (χ0) is 35.0. The Labute approximate surface area is 293 Å². The third kappa shape index (κ3) is 6.97. The molecule has 0 amide bonds. The van der Waals surface area contributed by atoms with Gasteiger partial charge in [-0.2, -0.15) is 5.26 Å². The van der Waals surface area contributed by atoms with E-state index in [0.29, 0.717) is 58.5 Å². The predicted molar refractivity (Wildman–Crippen MR) is 193 cm³/mol. The number of nitrogens with zero attached hydrogens (tertiary/aromatic N) is 7. The van der Waals surface area contributed by atoms with Crippen molar-refractivity contribution in [3.63, 3.8) is 0 Å². The Kier molecular flexibility index (Phi) is 9.62. The SMILES string of the molecule is CCc1cc(-c2cc(Cl)ccc2OCCn2c(C)nc3cnc(N4CCN(C)CC4)c(C#N)c3c2=O)c2scc(C(=O)OC(C)(C)C)c2n1. The van der Waals surface area contributed by atoms with Gasteiger partial charge >= 0.3 is 5.97 Å². The summed E-state index contributed by atoms with van der Waals surface area (Å²) in [5, 5.41) is 12.8. The van der Waals surface area contributed by atoms with Crippen LogP contribution in [0.2, 0.25) is 5.02 Å². The molecule has 11 nitrogen and oxygen atoms in total. The number of carbonyl (C=O) groups is 1. The Balaban J connectivity index is 1.33. The first-order valence-corrected chi connectivity index (χ1v) is 17.4. The minimum absolute atomic E-state index is 0.142. The first-order valence-electron chi connectivity index (χ1n) is 16.2. The van der Waals surface area contributed by atoms with Gasteiger partial charge in [-0.25, -0.2) is 14.8 Å². The van der Waals surface area contributed by atoms with Gasteiger partial charge in [0.1, 0.15) is 41.2 Å². The fourth-order valence-corrected chi connectivity index (χ4v) is 7.12. The summed E-state index contributed by atoms with van der Waals surface area (Å²) >= 11 is 7.93. The molecule has 1 fully saturated rings.